The van der Waals surface area contributed by atoms with Crippen molar-refractivity contribution in [1.82, 2.24) is 9.78 Å². The van der Waals surface area contributed by atoms with Crippen molar-refractivity contribution in [2.75, 3.05) is 0 Å². The fourth-order valence-electron chi connectivity index (χ4n) is 1.99. The average Bonchev–Trinajstić information content (AvgIpc) is 2.82. The molecule has 1 heterocycles. The molecule has 18 heavy (non-hydrogen) atoms. The zero-order chi connectivity index (χ0) is 13.0. The topological polar surface area (TPSA) is 34.9 Å². The standard InChI is InChI=1S/C15H18N2O/c1-3-9-17-10-14(11-18)15(16-17)13-7-5-12(4-2)6-8-13/h5-8,10-11H,3-4,9H2,1-2H3. The molecule has 2 aromatic rings. The van der Waals surface area contributed by atoms with Gasteiger partial charge in [0.15, 0.2) is 6.29 Å². The second kappa shape index (κ2) is 5.63. The molecule has 0 unspecified atom stereocenters. The molecule has 0 amide bonds. The molecule has 0 bridgehead atoms. The van der Waals surface area contributed by atoms with E-state index in [1.807, 2.05) is 23.0 Å². The second-order valence-electron chi connectivity index (χ2n) is 4.36. The third-order valence-corrected chi connectivity index (χ3v) is 3.01. The monoisotopic (exact) mass is 242 g/mol. The Balaban J connectivity index is 2.38. The van der Waals surface area contributed by atoms with Gasteiger partial charge in [-0.1, -0.05) is 38.1 Å². The van der Waals surface area contributed by atoms with Gasteiger partial charge in [0.05, 0.1) is 5.56 Å². The summed E-state index contributed by atoms with van der Waals surface area (Å²) in [4.78, 5) is 11.1. The minimum Gasteiger partial charge on any atom is -0.298 e. The Morgan fingerprint density at radius 3 is 2.50 bits per heavy atom. The summed E-state index contributed by atoms with van der Waals surface area (Å²) >= 11 is 0. The third kappa shape index (κ3) is 2.50. The van der Waals surface area contributed by atoms with E-state index in [9.17, 15) is 4.79 Å². The first-order valence-corrected chi connectivity index (χ1v) is 6.40. The summed E-state index contributed by atoms with van der Waals surface area (Å²) in [6.07, 6.45) is 4.72. The molecular weight excluding hydrogens is 224 g/mol. The summed E-state index contributed by atoms with van der Waals surface area (Å²) < 4.78 is 1.84. The molecule has 94 valence electrons. The molecule has 2 rings (SSSR count). The predicted octanol–water partition coefficient (Wildman–Crippen LogP) is 3.34. The van der Waals surface area contributed by atoms with Crippen LogP contribution in [-0.4, -0.2) is 16.1 Å². The van der Waals surface area contributed by atoms with Crippen molar-refractivity contribution in [1.29, 1.82) is 0 Å². The summed E-state index contributed by atoms with van der Waals surface area (Å²) in [5.41, 5.74) is 3.73. The SMILES string of the molecule is CCCn1cc(C=O)c(-c2ccc(CC)cc2)n1. The molecule has 0 fully saturated rings. The van der Waals surface area contributed by atoms with Gasteiger partial charge in [-0.05, 0) is 18.4 Å². The van der Waals surface area contributed by atoms with Crippen LogP contribution in [0.5, 0.6) is 0 Å². The Bertz CT molecular complexity index is 526. The molecule has 0 saturated carbocycles. The lowest BCUT2D eigenvalue weighted by Gasteiger charge is -2.00. The van der Waals surface area contributed by atoms with Crippen LogP contribution in [0, 0.1) is 0 Å². The molecule has 0 aliphatic heterocycles. The number of aromatic nitrogens is 2. The van der Waals surface area contributed by atoms with Crippen LogP contribution in [0.4, 0.5) is 0 Å². The maximum atomic E-state index is 11.1. The zero-order valence-electron chi connectivity index (χ0n) is 10.9. The van der Waals surface area contributed by atoms with Crippen LogP contribution in [0.3, 0.4) is 0 Å². The van der Waals surface area contributed by atoms with Crippen LogP contribution in [0.15, 0.2) is 30.5 Å². The molecule has 0 aliphatic rings. The van der Waals surface area contributed by atoms with E-state index in [4.69, 9.17) is 0 Å². The molecule has 0 N–H and O–H groups in total. The molecular formula is C15H18N2O. The fourth-order valence-corrected chi connectivity index (χ4v) is 1.99. The lowest BCUT2D eigenvalue weighted by molar-refractivity contribution is 0.112. The van der Waals surface area contributed by atoms with Crippen LogP contribution in [0.1, 0.15) is 36.2 Å². The van der Waals surface area contributed by atoms with Gasteiger partial charge in [-0.15, -0.1) is 0 Å². The number of rotatable bonds is 5. The van der Waals surface area contributed by atoms with Crippen LogP contribution < -0.4 is 0 Å². The number of carbonyl (C=O) groups excluding carboxylic acids is 1. The predicted molar refractivity (Wildman–Crippen MR) is 72.7 cm³/mol. The summed E-state index contributed by atoms with van der Waals surface area (Å²) in [6.45, 7) is 5.06. The summed E-state index contributed by atoms with van der Waals surface area (Å²) in [6, 6.07) is 8.24. The highest BCUT2D eigenvalue weighted by Gasteiger charge is 2.10. The molecule has 0 spiro atoms. The Morgan fingerprint density at radius 1 is 1.22 bits per heavy atom. The molecule has 1 aromatic carbocycles. The summed E-state index contributed by atoms with van der Waals surface area (Å²) in [5, 5.41) is 4.48. The summed E-state index contributed by atoms with van der Waals surface area (Å²) in [5.74, 6) is 0. The van der Waals surface area contributed by atoms with Crippen LogP contribution >= 0.6 is 0 Å². The lowest BCUT2D eigenvalue weighted by atomic mass is 10.1. The van der Waals surface area contributed by atoms with Gasteiger partial charge in [-0.25, -0.2) is 0 Å². The van der Waals surface area contributed by atoms with Crippen molar-refractivity contribution in [2.45, 2.75) is 33.2 Å². The van der Waals surface area contributed by atoms with E-state index >= 15 is 0 Å². The molecule has 3 heteroatoms. The van der Waals surface area contributed by atoms with Crippen LogP contribution in [0.2, 0.25) is 0 Å². The molecule has 0 aliphatic carbocycles. The highest BCUT2D eigenvalue weighted by atomic mass is 16.1. The lowest BCUT2D eigenvalue weighted by Crippen LogP contribution is -1.96. The highest BCUT2D eigenvalue weighted by Crippen LogP contribution is 2.21. The minimum atomic E-state index is 0.660. The number of benzene rings is 1. The average molecular weight is 242 g/mol. The number of hydrogen-bond acceptors (Lipinski definition) is 2. The van der Waals surface area contributed by atoms with Crippen molar-refractivity contribution < 1.29 is 4.79 Å². The number of carbonyl (C=O) groups is 1. The first-order valence-electron chi connectivity index (χ1n) is 6.40. The van der Waals surface area contributed by atoms with E-state index in [2.05, 4.69) is 31.1 Å². The smallest absolute Gasteiger partial charge is 0.153 e. The maximum absolute atomic E-state index is 11.1. The van der Waals surface area contributed by atoms with Gasteiger partial charge >= 0.3 is 0 Å². The van der Waals surface area contributed by atoms with E-state index in [0.29, 0.717) is 5.56 Å². The second-order valence-corrected chi connectivity index (χ2v) is 4.36. The molecule has 0 radical (unpaired) electrons. The molecule has 1 aromatic heterocycles. The van der Waals surface area contributed by atoms with Crippen molar-refractivity contribution in [3.8, 4) is 11.3 Å². The van der Waals surface area contributed by atoms with Crippen molar-refractivity contribution >= 4 is 6.29 Å². The van der Waals surface area contributed by atoms with Gasteiger partial charge in [0.25, 0.3) is 0 Å². The number of aryl methyl sites for hydroxylation is 2. The van der Waals surface area contributed by atoms with Crippen molar-refractivity contribution in [3.05, 3.63) is 41.6 Å². The Kier molecular flexibility index (Phi) is 3.92. The highest BCUT2D eigenvalue weighted by molar-refractivity contribution is 5.85. The van der Waals surface area contributed by atoms with Crippen molar-refractivity contribution in [3.63, 3.8) is 0 Å². The van der Waals surface area contributed by atoms with Gasteiger partial charge in [-0.2, -0.15) is 5.10 Å². The Morgan fingerprint density at radius 2 is 1.94 bits per heavy atom. The van der Waals surface area contributed by atoms with Crippen LogP contribution in [-0.2, 0) is 13.0 Å². The van der Waals surface area contributed by atoms with Gasteiger partial charge in [0.1, 0.15) is 5.69 Å². The Labute approximate surface area is 107 Å². The first-order chi connectivity index (χ1) is 8.78. The van der Waals surface area contributed by atoms with Gasteiger partial charge in [0.2, 0.25) is 0 Å². The van der Waals surface area contributed by atoms with Crippen molar-refractivity contribution in [2.24, 2.45) is 0 Å². The van der Waals surface area contributed by atoms with E-state index < -0.39 is 0 Å². The minimum absolute atomic E-state index is 0.660. The number of hydrogen-bond donors (Lipinski definition) is 0. The van der Waals surface area contributed by atoms with Gasteiger partial charge < -0.3 is 0 Å². The fraction of sp³-hybridized carbons (Fsp3) is 0.333. The maximum Gasteiger partial charge on any atom is 0.153 e. The van der Waals surface area contributed by atoms with E-state index in [1.165, 1.54) is 5.56 Å². The van der Waals surface area contributed by atoms with Gasteiger partial charge in [0, 0.05) is 18.3 Å². The van der Waals surface area contributed by atoms with E-state index in [1.54, 1.807) is 0 Å². The molecule has 0 atom stereocenters. The molecule has 3 nitrogen and oxygen atoms in total. The van der Waals surface area contributed by atoms with Crippen LogP contribution in [0.25, 0.3) is 11.3 Å². The normalized spacial score (nSPS) is 10.6. The quantitative estimate of drug-likeness (QED) is 0.754. The van der Waals surface area contributed by atoms with Gasteiger partial charge in [-0.3, -0.25) is 9.48 Å². The Hall–Kier alpha value is -1.90. The third-order valence-electron chi connectivity index (χ3n) is 3.01. The molecule has 0 saturated heterocycles. The zero-order valence-corrected chi connectivity index (χ0v) is 10.9. The number of nitrogens with zero attached hydrogens (tertiary/aromatic N) is 2. The largest absolute Gasteiger partial charge is 0.298 e. The van der Waals surface area contributed by atoms with E-state index in [0.717, 1.165) is 36.9 Å². The van der Waals surface area contributed by atoms with E-state index in [-0.39, 0.29) is 0 Å². The first kappa shape index (κ1) is 12.6. The summed E-state index contributed by atoms with van der Waals surface area (Å²) in [7, 11) is 0. The number of aldehydes is 1.